The third-order valence-corrected chi connectivity index (χ3v) is 3.84. The summed E-state index contributed by atoms with van der Waals surface area (Å²) in [5.41, 5.74) is 3.65. The van der Waals surface area contributed by atoms with E-state index in [1.165, 1.54) is 37.1 Å². The predicted molar refractivity (Wildman–Crippen MR) is 70.1 cm³/mol. The first-order valence-corrected chi connectivity index (χ1v) is 6.84. The fraction of sp³-hybridized carbons (Fsp3) is 0.417. The minimum absolute atomic E-state index is 1.14. The number of pyridine rings is 1. The van der Waals surface area contributed by atoms with Crippen molar-refractivity contribution in [1.82, 2.24) is 8.96 Å². The molecule has 0 saturated carbocycles. The standard InChI is InChI=1S/C12H15N3S/c1-16-15-9-11(14-7-2-3-8-14)12-10(15)5-4-6-13-12/h4-6,9H,2-3,7-8H2,1H3. The van der Waals surface area contributed by atoms with Crippen LogP contribution in [0.15, 0.2) is 24.5 Å². The van der Waals surface area contributed by atoms with Crippen molar-refractivity contribution < 1.29 is 0 Å². The maximum atomic E-state index is 4.52. The van der Waals surface area contributed by atoms with Crippen molar-refractivity contribution in [3.63, 3.8) is 0 Å². The molecule has 2 aromatic rings. The van der Waals surface area contributed by atoms with E-state index in [-0.39, 0.29) is 0 Å². The number of hydrogen-bond acceptors (Lipinski definition) is 3. The molecule has 84 valence electrons. The maximum Gasteiger partial charge on any atom is 0.112 e. The second kappa shape index (κ2) is 4.01. The van der Waals surface area contributed by atoms with Crippen LogP contribution in [0.1, 0.15) is 12.8 Å². The Labute approximate surface area is 99.6 Å². The van der Waals surface area contributed by atoms with E-state index in [4.69, 9.17) is 0 Å². The van der Waals surface area contributed by atoms with Gasteiger partial charge in [-0.2, -0.15) is 0 Å². The van der Waals surface area contributed by atoms with Crippen LogP contribution in [0.3, 0.4) is 0 Å². The van der Waals surface area contributed by atoms with Gasteiger partial charge in [0.2, 0.25) is 0 Å². The lowest BCUT2D eigenvalue weighted by Gasteiger charge is -2.15. The van der Waals surface area contributed by atoms with Crippen molar-refractivity contribution in [1.29, 1.82) is 0 Å². The molecule has 0 spiro atoms. The summed E-state index contributed by atoms with van der Waals surface area (Å²) in [5.74, 6) is 0. The van der Waals surface area contributed by atoms with E-state index in [9.17, 15) is 0 Å². The first-order chi connectivity index (χ1) is 7.90. The lowest BCUT2D eigenvalue weighted by atomic mass is 10.3. The fourth-order valence-electron chi connectivity index (χ4n) is 2.35. The maximum absolute atomic E-state index is 4.52. The van der Waals surface area contributed by atoms with Crippen LogP contribution in [0.4, 0.5) is 5.69 Å². The zero-order valence-electron chi connectivity index (χ0n) is 9.39. The molecule has 1 fully saturated rings. The molecule has 0 bridgehead atoms. The van der Waals surface area contributed by atoms with Crippen LogP contribution in [-0.2, 0) is 0 Å². The summed E-state index contributed by atoms with van der Waals surface area (Å²) in [6.07, 6.45) is 8.80. The van der Waals surface area contributed by atoms with Gasteiger partial charge < -0.3 is 4.90 Å². The van der Waals surface area contributed by atoms with Gasteiger partial charge in [-0.1, -0.05) is 0 Å². The Morgan fingerprint density at radius 3 is 2.88 bits per heavy atom. The summed E-state index contributed by atoms with van der Waals surface area (Å²) < 4.78 is 2.20. The van der Waals surface area contributed by atoms with Crippen molar-refractivity contribution >= 4 is 28.7 Å². The Bertz CT molecular complexity index is 500. The summed E-state index contributed by atoms with van der Waals surface area (Å²) >= 11 is 1.73. The number of rotatable bonds is 2. The number of anilines is 1. The van der Waals surface area contributed by atoms with E-state index in [0.717, 1.165) is 5.52 Å². The summed E-state index contributed by atoms with van der Waals surface area (Å²) in [5, 5.41) is 0. The van der Waals surface area contributed by atoms with E-state index >= 15 is 0 Å². The van der Waals surface area contributed by atoms with E-state index in [0.29, 0.717) is 0 Å². The molecule has 3 heterocycles. The summed E-state index contributed by atoms with van der Waals surface area (Å²) in [6, 6.07) is 4.14. The quantitative estimate of drug-likeness (QED) is 0.796. The lowest BCUT2D eigenvalue weighted by molar-refractivity contribution is 0.949. The van der Waals surface area contributed by atoms with Gasteiger partial charge in [0.05, 0.1) is 11.2 Å². The molecular weight excluding hydrogens is 218 g/mol. The lowest BCUT2D eigenvalue weighted by Crippen LogP contribution is -2.17. The molecule has 0 radical (unpaired) electrons. The molecule has 3 rings (SSSR count). The van der Waals surface area contributed by atoms with Gasteiger partial charge >= 0.3 is 0 Å². The first kappa shape index (κ1) is 10.0. The Hall–Kier alpha value is -1.16. The van der Waals surface area contributed by atoms with Crippen molar-refractivity contribution in [2.75, 3.05) is 24.2 Å². The minimum Gasteiger partial charge on any atom is -0.369 e. The largest absolute Gasteiger partial charge is 0.369 e. The zero-order chi connectivity index (χ0) is 11.0. The van der Waals surface area contributed by atoms with E-state index in [1.807, 2.05) is 12.3 Å². The highest BCUT2D eigenvalue weighted by Gasteiger charge is 2.18. The molecule has 2 aromatic heterocycles. The van der Waals surface area contributed by atoms with Crippen molar-refractivity contribution in [3.05, 3.63) is 24.5 Å². The molecular formula is C12H15N3S. The molecule has 1 aliphatic heterocycles. The van der Waals surface area contributed by atoms with E-state index < -0.39 is 0 Å². The third-order valence-electron chi connectivity index (χ3n) is 3.15. The number of hydrogen-bond donors (Lipinski definition) is 0. The highest BCUT2D eigenvalue weighted by atomic mass is 32.2. The summed E-state index contributed by atoms with van der Waals surface area (Å²) in [7, 11) is 0. The summed E-state index contributed by atoms with van der Waals surface area (Å²) in [4.78, 5) is 6.96. The Balaban J connectivity index is 2.16. The van der Waals surface area contributed by atoms with Gasteiger partial charge in [-0.15, -0.1) is 0 Å². The minimum atomic E-state index is 1.14. The number of aromatic nitrogens is 2. The molecule has 16 heavy (non-hydrogen) atoms. The Morgan fingerprint density at radius 1 is 1.31 bits per heavy atom. The van der Waals surface area contributed by atoms with Crippen LogP contribution in [0, 0.1) is 0 Å². The van der Waals surface area contributed by atoms with Gasteiger partial charge in [-0.05, 0) is 36.9 Å². The fourth-order valence-corrected chi connectivity index (χ4v) is 2.90. The molecule has 0 aliphatic carbocycles. The first-order valence-electron chi connectivity index (χ1n) is 5.65. The SMILES string of the molecule is CSn1cc(N2CCCC2)c2ncccc21. The average Bonchev–Trinajstić information content (AvgIpc) is 2.95. The van der Waals surface area contributed by atoms with Crippen LogP contribution < -0.4 is 4.90 Å². The zero-order valence-corrected chi connectivity index (χ0v) is 10.2. The monoisotopic (exact) mass is 233 g/mol. The van der Waals surface area contributed by atoms with Crippen LogP contribution >= 0.6 is 11.9 Å². The van der Waals surface area contributed by atoms with Crippen molar-refractivity contribution in [2.45, 2.75) is 12.8 Å². The molecule has 1 aliphatic rings. The second-order valence-electron chi connectivity index (χ2n) is 4.09. The number of fused-ring (bicyclic) bond motifs is 1. The normalized spacial score (nSPS) is 16.2. The van der Waals surface area contributed by atoms with Gasteiger partial charge in [-0.25, -0.2) is 0 Å². The van der Waals surface area contributed by atoms with Crippen LogP contribution in [-0.4, -0.2) is 28.3 Å². The smallest absolute Gasteiger partial charge is 0.112 e. The average molecular weight is 233 g/mol. The highest BCUT2D eigenvalue weighted by molar-refractivity contribution is 7.97. The molecule has 0 aromatic carbocycles. The second-order valence-corrected chi connectivity index (χ2v) is 4.85. The third kappa shape index (κ3) is 1.48. The summed E-state index contributed by atoms with van der Waals surface area (Å²) in [6.45, 7) is 2.34. The van der Waals surface area contributed by atoms with Gasteiger partial charge in [0.15, 0.2) is 0 Å². The van der Waals surface area contributed by atoms with Crippen molar-refractivity contribution in [3.8, 4) is 0 Å². The highest BCUT2D eigenvalue weighted by Crippen LogP contribution is 2.31. The molecule has 0 amide bonds. The molecule has 3 nitrogen and oxygen atoms in total. The van der Waals surface area contributed by atoms with Crippen molar-refractivity contribution in [2.24, 2.45) is 0 Å². The van der Waals surface area contributed by atoms with Gasteiger partial charge in [0.1, 0.15) is 5.52 Å². The molecule has 1 saturated heterocycles. The van der Waals surface area contributed by atoms with Crippen LogP contribution in [0.2, 0.25) is 0 Å². The number of nitrogens with zero attached hydrogens (tertiary/aromatic N) is 3. The van der Waals surface area contributed by atoms with Crippen LogP contribution in [0.25, 0.3) is 11.0 Å². The van der Waals surface area contributed by atoms with E-state index in [2.05, 4.69) is 32.4 Å². The van der Waals surface area contributed by atoms with Crippen LogP contribution in [0.5, 0.6) is 0 Å². The van der Waals surface area contributed by atoms with Gasteiger partial charge in [0.25, 0.3) is 0 Å². The van der Waals surface area contributed by atoms with Gasteiger partial charge in [-0.3, -0.25) is 8.96 Å². The Morgan fingerprint density at radius 2 is 2.12 bits per heavy atom. The Kier molecular flexibility index (Phi) is 2.52. The van der Waals surface area contributed by atoms with Gasteiger partial charge in [0, 0.05) is 31.7 Å². The predicted octanol–water partition coefficient (Wildman–Crippen LogP) is 2.76. The van der Waals surface area contributed by atoms with E-state index in [1.54, 1.807) is 11.9 Å². The topological polar surface area (TPSA) is 21.1 Å². The molecule has 0 unspecified atom stereocenters. The molecule has 0 N–H and O–H groups in total. The molecule has 0 atom stereocenters. The molecule has 4 heteroatoms.